The number of hydrogen-bond donors (Lipinski definition) is 1. The fraction of sp³-hybridized carbons (Fsp3) is 0.794. The van der Waals surface area contributed by atoms with E-state index in [-0.39, 0.29) is 36.9 Å². The van der Waals surface area contributed by atoms with E-state index in [9.17, 15) is 44.3 Å². The van der Waals surface area contributed by atoms with E-state index in [0.29, 0.717) is 37.1 Å². The van der Waals surface area contributed by atoms with Crippen molar-refractivity contribution in [1.29, 1.82) is 0 Å². The highest BCUT2D eigenvalue weighted by Gasteiger charge is 2.85. The number of amides is 1. The van der Waals surface area contributed by atoms with Crippen molar-refractivity contribution in [3.05, 3.63) is 35.4 Å². The van der Waals surface area contributed by atoms with Gasteiger partial charge in [0.2, 0.25) is 0 Å². The molecule has 0 spiro atoms. The summed E-state index contributed by atoms with van der Waals surface area (Å²) in [6.07, 6.45) is -14.1. The first kappa shape index (κ1) is 42.2. The number of nitrogens with zero attached hydrogens (tertiary/aromatic N) is 1. The summed E-state index contributed by atoms with van der Waals surface area (Å²) in [5.41, 5.74) is -3.66. The second kappa shape index (κ2) is 17.3. The van der Waals surface area contributed by atoms with Crippen molar-refractivity contribution in [2.45, 2.75) is 107 Å². The maximum absolute atomic E-state index is 13.0. The molecule has 2 saturated carbocycles. The standard InChI is InChI=1S/C25H29F9O2.C9H17NO3S2/c1-21-12-11-17-16-6-3-2-5-15(16)7-8-18(17)19(21)9-10-20(21)35-13-4-14-36-22(23(26,27)28,24(29,30)31)25(32,33)34;1-13-9(12)10(4-2-5-11)8-3-6-14-15-7-8/h2-3,5-6,17-20H,4,7-14H2,1H3;8,11H,2-7H2,1H3. The second-order valence-corrected chi connectivity index (χ2v) is 16.4. The monoisotopic (exact) mass is 783 g/mol. The molecule has 1 N–H and O–H groups in total. The number of carbonyl (C=O) groups is 1. The number of aryl methyl sites for hydroxylation is 1. The van der Waals surface area contributed by atoms with Gasteiger partial charge in [-0.2, -0.15) is 39.5 Å². The van der Waals surface area contributed by atoms with E-state index in [1.807, 2.05) is 22.9 Å². The number of rotatable bonds is 10. The molecule has 3 fully saturated rings. The zero-order valence-corrected chi connectivity index (χ0v) is 30.2. The molecule has 4 aliphatic rings. The third-order valence-corrected chi connectivity index (χ3v) is 13.5. The molecule has 0 aromatic heterocycles. The van der Waals surface area contributed by atoms with Gasteiger partial charge in [-0.25, -0.2) is 4.79 Å². The van der Waals surface area contributed by atoms with Crippen molar-refractivity contribution >= 4 is 27.7 Å². The first-order chi connectivity index (χ1) is 23.9. The van der Waals surface area contributed by atoms with Crippen LogP contribution in [0.3, 0.4) is 0 Å². The molecule has 5 rings (SSSR count). The Morgan fingerprint density at radius 1 is 0.922 bits per heavy atom. The number of aliphatic hydroxyl groups is 1. The summed E-state index contributed by atoms with van der Waals surface area (Å²) in [6.45, 7) is 1.13. The van der Waals surface area contributed by atoms with Gasteiger partial charge < -0.3 is 24.2 Å². The van der Waals surface area contributed by atoms with Crippen LogP contribution in [0.15, 0.2) is 24.3 Å². The number of hydrogen-bond acceptors (Lipinski definition) is 7. The molecule has 1 aromatic rings. The topological polar surface area (TPSA) is 68.2 Å². The average Bonchev–Trinajstić information content (AvgIpc) is 3.41. The van der Waals surface area contributed by atoms with Crippen molar-refractivity contribution in [2.75, 3.05) is 45.0 Å². The van der Waals surface area contributed by atoms with Crippen LogP contribution in [0, 0.1) is 17.3 Å². The van der Waals surface area contributed by atoms with Crippen LogP contribution in [0.1, 0.15) is 75.3 Å². The first-order valence-electron chi connectivity index (χ1n) is 17.2. The van der Waals surface area contributed by atoms with Crippen LogP contribution in [0.2, 0.25) is 0 Å². The fourth-order valence-corrected chi connectivity index (χ4v) is 11.0. The van der Waals surface area contributed by atoms with Gasteiger partial charge in [-0.15, -0.1) is 0 Å². The minimum Gasteiger partial charge on any atom is -0.453 e. The smallest absolute Gasteiger partial charge is 0.435 e. The highest BCUT2D eigenvalue weighted by molar-refractivity contribution is 8.76. The summed E-state index contributed by atoms with van der Waals surface area (Å²) in [5, 5.41) is 8.78. The zero-order valence-electron chi connectivity index (χ0n) is 28.5. The lowest BCUT2D eigenvalue weighted by Crippen LogP contribution is -2.67. The van der Waals surface area contributed by atoms with Gasteiger partial charge >= 0.3 is 30.2 Å². The van der Waals surface area contributed by atoms with E-state index in [2.05, 4.69) is 23.8 Å². The maximum atomic E-state index is 13.0. The first-order valence-corrected chi connectivity index (χ1v) is 19.6. The lowest BCUT2D eigenvalue weighted by Gasteiger charge is -2.50. The Morgan fingerprint density at radius 3 is 2.22 bits per heavy atom. The molecule has 1 aromatic carbocycles. The highest BCUT2D eigenvalue weighted by atomic mass is 33.1. The van der Waals surface area contributed by atoms with E-state index >= 15 is 0 Å². The van der Waals surface area contributed by atoms with Gasteiger partial charge in [-0.3, -0.25) is 0 Å². The van der Waals surface area contributed by atoms with Gasteiger partial charge in [0.1, 0.15) is 0 Å². The quantitative estimate of drug-likeness (QED) is 0.144. The largest absolute Gasteiger partial charge is 0.453 e. The van der Waals surface area contributed by atoms with Gasteiger partial charge in [0.25, 0.3) is 0 Å². The van der Waals surface area contributed by atoms with Crippen molar-refractivity contribution in [3.63, 3.8) is 0 Å². The number of ether oxygens (including phenoxy) is 3. The molecule has 6 nitrogen and oxygen atoms in total. The molecule has 0 radical (unpaired) electrons. The van der Waals surface area contributed by atoms with Gasteiger partial charge in [0, 0.05) is 37.3 Å². The molecule has 6 unspecified atom stereocenters. The van der Waals surface area contributed by atoms with Crippen LogP contribution in [0.5, 0.6) is 0 Å². The second-order valence-electron chi connectivity index (χ2n) is 13.8. The lowest BCUT2D eigenvalue weighted by molar-refractivity contribution is -0.457. The predicted molar refractivity (Wildman–Crippen MR) is 176 cm³/mol. The van der Waals surface area contributed by atoms with Gasteiger partial charge in [-0.05, 0) is 92.1 Å². The summed E-state index contributed by atoms with van der Waals surface area (Å²) in [5.74, 6) is 3.33. The molecule has 1 aliphatic heterocycles. The van der Waals surface area contributed by atoms with Crippen LogP contribution in [-0.4, -0.2) is 97.4 Å². The van der Waals surface area contributed by atoms with E-state index in [1.165, 1.54) is 18.2 Å². The molecular weight excluding hydrogens is 737 g/mol. The minimum atomic E-state index is -6.71. The van der Waals surface area contributed by atoms with Crippen LogP contribution in [-0.2, 0) is 20.6 Å². The van der Waals surface area contributed by atoms with E-state index in [1.54, 1.807) is 15.7 Å². The normalized spacial score (nSPS) is 28.1. The van der Waals surface area contributed by atoms with E-state index < -0.39 is 37.2 Å². The molecule has 1 saturated heterocycles. The number of carbonyl (C=O) groups excluding carboxylic acids is 1. The summed E-state index contributed by atoms with van der Waals surface area (Å²) in [6, 6.07) is 8.68. The van der Waals surface area contributed by atoms with Crippen molar-refractivity contribution < 1.29 is 63.6 Å². The van der Waals surface area contributed by atoms with E-state index in [4.69, 9.17) is 14.6 Å². The Balaban J connectivity index is 0.000000326. The molecule has 292 valence electrons. The molecule has 51 heavy (non-hydrogen) atoms. The van der Waals surface area contributed by atoms with E-state index in [0.717, 1.165) is 50.0 Å². The Hall–Kier alpha value is -1.56. The Labute approximate surface area is 300 Å². The molecule has 0 bridgehead atoms. The fourth-order valence-electron chi connectivity index (χ4n) is 8.47. The summed E-state index contributed by atoms with van der Waals surface area (Å²) < 4.78 is 131. The Bertz CT molecular complexity index is 1240. The minimum absolute atomic E-state index is 0.113. The van der Waals surface area contributed by atoms with Crippen LogP contribution in [0.4, 0.5) is 44.3 Å². The SMILES string of the molecule is CC12CCC3c4ccccc4CCC3C1CCC2OCCCOC(C(F)(F)F)(C(F)(F)F)C(F)(F)F.COC(=O)N(CCCO)C1CCSSC1. The summed E-state index contributed by atoms with van der Waals surface area (Å²) in [7, 11) is 5.05. The number of methoxy groups -OCH3 is 1. The molecule has 1 heterocycles. The number of aliphatic hydroxyl groups excluding tert-OH is 1. The molecule has 17 heteroatoms. The maximum Gasteiger partial charge on any atom is 0.435 e. The third-order valence-electron chi connectivity index (χ3n) is 11.0. The van der Waals surface area contributed by atoms with Crippen molar-refractivity contribution in [3.8, 4) is 0 Å². The third kappa shape index (κ3) is 9.05. The average molecular weight is 784 g/mol. The Morgan fingerprint density at radius 2 is 1.61 bits per heavy atom. The van der Waals surface area contributed by atoms with Gasteiger partial charge in [-0.1, -0.05) is 52.8 Å². The summed E-state index contributed by atoms with van der Waals surface area (Å²) in [4.78, 5) is 13.3. The van der Waals surface area contributed by atoms with Crippen molar-refractivity contribution in [2.24, 2.45) is 17.3 Å². The van der Waals surface area contributed by atoms with Crippen LogP contribution < -0.4 is 0 Å². The number of halogens is 9. The van der Waals surface area contributed by atoms with Crippen molar-refractivity contribution in [1.82, 2.24) is 4.90 Å². The number of fused-ring (bicyclic) bond motifs is 5. The number of alkyl halides is 9. The molecule has 3 aliphatic carbocycles. The van der Waals surface area contributed by atoms with Crippen LogP contribution in [0.25, 0.3) is 0 Å². The molecule has 1 amide bonds. The Kier molecular flexibility index (Phi) is 14.3. The van der Waals surface area contributed by atoms with Crippen LogP contribution >= 0.6 is 21.6 Å². The molecule has 6 atom stereocenters. The molecular formula is C34H46F9NO5S2. The zero-order chi connectivity index (χ0) is 37.7. The van der Waals surface area contributed by atoms with Gasteiger partial charge in [0.15, 0.2) is 0 Å². The highest BCUT2D eigenvalue weighted by Crippen LogP contribution is 2.61. The van der Waals surface area contributed by atoms with Gasteiger partial charge in [0.05, 0.1) is 19.8 Å². The lowest BCUT2D eigenvalue weighted by atomic mass is 9.55. The predicted octanol–water partition coefficient (Wildman–Crippen LogP) is 9.35. The number of benzene rings is 1. The summed E-state index contributed by atoms with van der Waals surface area (Å²) >= 11 is 0.